The number of hydrogen-bond acceptors (Lipinski definition) is 10. The lowest BCUT2D eigenvalue weighted by atomic mass is 10.2. The van der Waals surface area contributed by atoms with Crippen LogP contribution in [0.25, 0.3) is 11.0 Å². The summed E-state index contributed by atoms with van der Waals surface area (Å²) in [5, 5.41) is 6.94. The molecule has 2 aromatic heterocycles. The van der Waals surface area contributed by atoms with Crippen LogP contribution in [0.5, 0.6) is 11.8 Å². The van der Waals surface area contributed by atoms with E-state index in [0.717, 1.165) is 0 Å². The Bertz CT molecular complexity index is 1340. The van der Waals surface area contributed by atoms with E-state index in [2.05, 4.69) is 25.6 Å². The van der Waals surface area contributed by atoms with Gasteiger partial charge in [-0.2, -0.15) is 15.0 Å². The third-order valence-electron chi connectivity index (χ3n) is 4.22. The standard InChI is InChI=1S/C22H18ClN5O5/c1-2-31-19(30)12-24-20-26-21(25-14-9-7-13(23)8-10-14)28-22(27-20)33-17-11-18(29)32-16-6-4-3-5-15(16)17/h3-11H,2,12H2,1H3,(H2,24,25,26,27,28). The predicted molar refractivity (Wildman–Crippen MR) is 122 cm³/mol. The van der Waals surface area contributed by atoms with E-state index in [-0.39, 0.29) is 36.8 Å². The highest BCUT2D eigenvalue weighted by molar-refractivity contribution is 6.30. The van der Waals surface area contributed by atoms with Crippen molar-refractivity contribution in [1.82, 2.24) is 15.0 Å². The van der Waals surface area contributed by atoms with E-state index in [1.165, 1.54) is 6.07 Å². The van der Waals surface area contributed by atoms with Crippen molar-refractivity contribution >= 4 is 46.1 Å². The summed E-state index contributed by atoms with van der Waals surface area (Å²) in [5.74, 6) is -0.0566. The van der Waals surface area contributed by atoms with Crippen molar-refractivity contribution in [3.63, 3.8) is 0 Å². The molecule has 0 amide bonds. The van der Waals surface area contributed by atoms with Crippen molar-refractivity contribution in [3.8, 4) is 11.8 Å². The van der Waals surface area contributed by atoms with Gasteiger partial charge in [-0.1, -0.05) is 23.7 Å². The minimum atomic E-state index is -0.585. The summed E-state index contributed by atoms with van der Waals surface area (Å²) < 4.78 is 15.9. The maximum absolute atomic E-state index is 11.9. The molecule has 2 N–H and O–H groups in total. The Hall–Kier alpha value is -4.18. The van der Waals surface area contributed by atoms with Crippen LogP contribution in [0.3, 0.4) is 0 Å². The molecule has 2 heterocycles. The average molecular weight is 468 g/mol. The molecule has 0 fully saturated rings. The molecule has 10 nitrogen and oxygen atoms in total. The Morgan fingerprint density at radius 2 is 1.82 bits per heavy atom. The van der Waals surface area contributed by atoms with E-state index in [1.807, 2.05) is 0 Å². The zero-order valence-corrected chi connectivity index (χ0v) is 18.1. The molecule has 2 aromatic carbocycles. The van der Waals surface area contributed by atoms with Crippen LogP contribution in [-0.2, 0) is 9.53 Å². The summed E-state index contributed by atoms with van der Waals surface area (Å²) >= 11 is 5.94. The zero-order valence-electron chi connectivity index (χ0n) is 17.4. The lowest BCUT2D eigenvalue weighted by Crippen LogP contribution is -2.18. The van der Waals surface area contributed by atoms with Gasteiger partial charge in [0.15, 0.2) is 0 Å². The number of para-hydroxylation sites is 1. The second kappa shape index (κ2) is 9.96. The summed E-state index contributed by atoms with van der Waals surface area (Å²) in [7, 11) is 0. The molecule has 4 aromatic rings. The molecule has 0 spiro atoms. The largest absolute Gasteiger partial charge is 0.465 e. The SMILES string of the molecule is CCOC(=O)CNc1nc(Nc2ccc(Cl)cc2)nc(Oc2cc(=O)oc3ccccc23)n1. The van der Waals surface area contributed by atoms with Crippen molar-refractivity contribution < 1.29 is 18.7 Å². The molecule has 0 aliphatic rings. The van der Waals surface area contributed by atoms with Gasteiger partial charge < -0.3 is 24.5 Å². The smallest absolute Gasteiger partial charge is 0.339 e. The summed E-state index contributed by atoms with van der Waals surface area (Å²) in [4.78, 5) is 36.4. The van der Waals surface area contributed by atoms with Gasteiger partial charge in [0.1, 0.15) is 17.9 Å². The number of carbonyl (C=O) groups excluding carboxylic acids is 1. The second-order valence-electron chi connectivity index (χ2n) is 6.58. The number of fused-ring (bicyclic) bond motifs is 1. The van der Waals surface area contributed by atoms with Crippen molar-refractivity contribution in [2.24, 2.45) is 0 Å². The summed E-state index contributed by atoms with van der Waals surface area (Å²) in [6, 6.07) is 14.9. The Balaban J connectivity index is 1.67. The van der Waals surface area contributed by atoms with Gasteiger partial charge in [0.05, 0.1) is 18.1 Å². The molecular formula is C22H18ClN5O5. The summed E-state index contributed by atoms with van der Waals surface area (Å²) in [6.45, 7) is 1.80. The Kier molecular flexibility index (Phi) is 6.65. The number of benzene rings is 2. The van der Waals surface area contributed by atoms with E-state index in [4.69, 9.17) is 25.5 Å². The van der Waals surface area contributed by atoms with Crippen molar-refractivity contribution in [1.29, 1.82) is 0 Å². The van der Waals surface area contributed by atoms with Crippen LogP contribution in [0.2, 0.25) is 5.02 Å². The quantitative estimate of drug-likeness (QED) is 0.288. The number of aromatic nitrogens is 3. The number of nitrogens with one attached hydrogen (secondary N) is 2. The number of ether oxygens (including phenoxy) is 2. The van der Waals surface area contributed by atoms with Crippen LogP contribution in [0.15, 0.2) is 63.8 Å². The number of carbonyl (C=O) groups is 1. The van der Waals surface area contributed by atoms with Gasteiger partial charge in [-0.25, -0.2) is 4.79 Å². The Labute approximate surface area is 192 Å². The van der Waals surface area contributed by atoms with Crippen LogP contribution < -0.4 is 21.0 Å². The zero-order chi connectivity index (χ0) is 23.2. The number of esters is 1. The molecule has 0 unspecified atom stereocenters. The normalized spacial score (nSPS) is 10.6. The van der Waals surface area contributed by atoms with Crippen molar-refractivity contribution in [3.05, 3.63) is 70.0 Å². The van der Waals surface area contributed by atoms with E-state index in [9.17, 15) is 9.59 Å². The molecule has 0 aliphatic heterocycles. The Morgan fingerprint density at radius 3 is 2.61 bits per heavy atom. The van der Waals surface area contributed by atoms with Gasteiger partial charge in [-0.05, 0) is 43.3 Å². The average Bonchev–Trinajstić information content (AvgIpc) is 2.79. The highest BCUT2D eigenvalue weighted by atomic mass is 35.5. The van der Waals surface area contributed by atoms with Gasteiger partial charge >= 0.3 is 17.6 Å². The fourth-order valence-electron chi connectivity index (χ4n) is 2.83. The van der Waals surface area contributed by atoms with E-state index >= 15 is 0 Å². The van der Waals surface area contributed by atoms with Crippen LogP contribution in [0, 0.1) is 0 Å². The van der Waals surface area contributed by atoms with Crippen LogP contribution in [0.1, 0.15) is 6.92 Å². The number of rotatable bonds is 8. The summed E-state index contributed by atoms with van der Waals surface area (Å²) in [6.07, 6.45) is 0. The first kappa shape index (κ1) is 22.0. The third-order valence-corrected chi connectivity index (χ3v) is 4.48. The van der Waals surface area contributed by atoms with Crippen LogP contribution >= 0.6 is 11.6 Å². The molecular weight excluding hydrogens is 450 g/mol. The third kappa shape index (κ3) is 5.74. The molecule has 0 atom stereocenters. The fraction of sp³-hybridized carbons (Fsp3) is 0.136. The number of anilines is 3. The second-order valence-corrected chi connectivity index (χ2v) is 7.02. The number of nitrogens with zero attached hydrogens (tertiary/aromatic N) is 3. The minimum Gasteiger partial charge on any atom is -0.465 e. The van der Waals surface area contributed by atoms with Gasteiger partial charge in [0.2, 0.25) is 11.9 Å². The summed E-state index contributed by atoms with van der Waals surface area (Å²) in [5.41, 5.74) is 0.436. The first-order valence-electron chi connectivity index (χ1n) is 9.89. The molecule has 33 heavy (non-hydrogen) atoms. The molecule has 168 valence electrons. The molecule has 11 heteroatoms. The highest BCUT2D eigenvalue weighted by Gasteiger charge is 2.14. The van der Waals surface area contributed by atoms with E-state index in [0.29, 0.717) is 21.7 Å². The van der Waals surface area contributed by atoms with Crippen LogP contribution in [0.4, 0.5) is 17.6 Å². The molecule has 0 saturated heterocycles. The molecule has 0 radical (unpaired) electrons. The Morgan fingerprint density at radius 1 is 1.06 bits per heavy atom. The molecule has 0 saturated carbocycles. The molecule has 0 aliphatic carbocycles. The lowest BCUT2D eigenvalue weighted by Gasteiger charge is -2.11. The van der Waals surface area contributed by atoms with E-state index in [1.54, 1.807) is 55.5 Å². The molecule has 4 rings (SSSR count). The maximum Gasteiger partial charge on any atom is 0.339 e. The van der Waals surface area contributed by atoms with Crippen molar-refractivity contribution in [2.75, 3.05) is 23.8 Å². The fourth-order valence-corrected chi connectivity index (χ4v) is 2.95. The first-order chi connectivity index (χ1) is 16.0. The number of halogens is 1. The monoisotopic (exact) mass is 467 g/mol. The van der Waals surface area contributed by atoms with Gasteiger partial charge in [-0.3, -0.25) is 4.79 Å². The lowest BCUT2D eigenvalue weighted by molar-refractivity contribution is -0.140. The first-order valence-corrected chi connectivity index (χ1v) is 10.3. The minimum absolute atomic E-state index is 0.0665. The number of hydrogen-bond donors (Lipinski definition) is 2. The van der Waals surface area contributed by atoms with Crippen LogP contribution in [-0.4, -0.2) is 34.1 Å². The van der Waals surface area contributed by atoms with E-state index < -0.39 is 11.6 Å². The van der Waals surface area contributed by atoms with Crippen molar-refractivity contribution in [2.45, 2.75) is 6.92 Å². The van der Waals surface area contributed by atoms with Gasteiger partial charge in [0.25, 0.3) is 0 Å². The maximum atomic E-state index is 11.9. The predicted octanol–water partition coefficient (Wildman–Crippen LogP) is 4.14. The van der Waals surface area contributed by atoms with Gasteiger partial charge in [-0.15, -0.1) is 0 Å². The van der Waals surface area contributed by atoms with Gasteiger partial charge in [0, 0.05) is 10.7 Å². The highest BCUT2D eigenvalue weighted by Crippen LogP contribution is 2.28. The molecule has 0 bridgehead atoms. The topological polar surface area (TPSA) is 128 Å².